The minimum atomic E-state index is -0.176. The van der Waals surface area contributed by atoms with Crippen LogP contribution in [0.3, 0.4) is 0 Å². The molecule has 1 N–H and O–H groups in total. The summed E-state index contributed by atoms with van der Waals surface area (Å²) in [5, 5.41) is 7.99. The molecule has 0 aromatic heterocycles. The highest BCUT2D eigenvalue weighted by molar-refractivity contribution is 5.70. The van der Waals surface area contributed by atoms with Crippen LogP contribution in [0.5, 0.6) is 0 Å². The Kier molecular flexibility index (Phi) is 5.24. The molecule has 0 bridgehead atoms. The van der Waals surface area contributed by atoms with Crippen molar-refractivity contribution in [3.63, 3.8) is 0 Å². The summed E-state index contributed by atoms with van der Waals surface area (Å²) in [4.78, 5) is 0. The van der Waals surface area contributed by atoms with Crippen molar-refractivity contribution < 1.29 is 4.39 Å². The summed E-state index contributed by atoms with van der Waals surface area (Å²) in [5.74, 6) is -0.176. The lowest BCUT2D eigenvalue weighted by molar-refractivity contribution is 0.210. The number of hydrazine groups is 1. The van der Waals surface area contributed by atoms with E-state index in [1.807, 2.05) is 6.07 Å². The summed E-state index contributed by atoms with van der Waals surface area (Å²) >= 11 is 0. The molecule has 1 aromatic carbocycles. The molecule has 0 spiro atoms. The summed E-state index contributed by atoms with van der Waals surface area (Å²) < 4.78 is 13.7. The van der Waals surface area contributed by atoms with Gasteiger partial charge in [-0.3, -0.25) is 0 Å². The number of halogens is 1. The van der Waals surface area contributed by atoms with Gasteiger partial charge in [0.1, 0.15) is 5.82 Å². The fraction of sp³-hybridized carbons (Fsp3) is 0.625. The van der Waals surface area contributed by atoms with E-state index in [0.29, 0.717) is 6.04 Å². The maximum Gasteiger partial charge on any atom is 0.125 e. The van der Waals surface area contributed by atoms with Crippen LogP contribution in [0.25, 0.3) is 0 Å². The second-order valence-corrected chi connectivity index (χ2v) is 5.69. The zero-order valence-corrected chi connectivity index (χ0v) is 12.8. The van der Waals surface area contributed by atoms with Crippen molar-refractivity contribution in [2.24, 2.45) is 0 Å². The van der Waals surface area contributed by atoms with Crippen molar-refractivity contribution in [1.29, 1.82) is 0 Å². The van der Waals surface area contributed by atoms with E-state index < -0.39 is 0 Å². The van der Waals surface area contributed by atoms with E-state index in [1.165, 1.54) is 25.3 Å². The van der Waals surface area contributed by atoms with Crippen LogP contribution in [0.15, 0.2) is 18.2 Å². The van der Waals surface area contributed by atoms with Crippen LogP contribution < -0.4 is 10.3 Å². The Morgan fingerprint density at radius 2 is 1.95 bits per heavy atom. The Labute approximate surface area is 121 Å². The zero-order valence-electron chi connectivity index (χ0n) is 12.8. The number of piperidine rings is 1. The monoisotopic (exact) mass is 279 g/mol. The Morgan fingerprint density at radius 3 is 2.55 bits per heavy atom. The van der Waals surface area contributed by atoms with Gasteiger partial charge in [-0.25, -0.2) is 9.40 Å². The normalized spacial score (nSPS) is 16.4. The number of rotatable bonds is 5. The van der Waals surface area contributed by atoms with Gasteiger partial charge in [-0.1, -0.05) is 6.42 Å². The standard InChI is InChI=1S/C16H26FN3/c1-4-20(19-10-6-5-7-11-19)16-12-14(17)8-9-15(16)18-13(2)3/h8-9,12-13,18H,4-7,10-11H2,1-3H3. The molecule has 1 aromatic rings. The molecule has 0 saturated carbocycles. The highest BCUT2D eigenvalue weighted by atomic mass is 19.1. The molecule has 0 unspecified atom stereocenters. The van der Waals surface area contributed by atoms with Crippen LogP contribution in [0.2, 0.25) is 0 Å². The predicted octanol–water partition coefficient (Wildman–Crippen LogP) is 3.87. The average molecular weight is 279 g/mol. The fourth-order valence-corrected chi connectivity index (χ4v) is 2.79. The molecule has 0 atom stereocenters. The van der Waals surface area contributed by atoms with Crippen LogP contribution in [0, 0.1) is 5.82 Å². The molecule has 0 amide bonds. The minimum absolute atomic E-state index is 0.176. The van der Waals surface area contributed by atoms with E-state index in [-0.39, 0.29) is 5.82 Å². The fourth-order valence-electron chi connectivity index (χ4n) is 2.79. The molecular weight excluding hydrogens is 253 g/mol. The van der Waals surface area contributed by atoms with Crippen molar-refractivity contribution in [3.8, 4) is 0 Å². The lowest BCUT2D eigenvalue weighted by Crippen LogP contribution is -2.46. The molecule has 1 fully saturated rings. The number of benzene rings is 1. The van der Waals surface area contributed by atoms with Crippen LogP contribution in [-0.2, 0) is 0 Å². The zero-order chi connectivity index (χ0) is 14.5. The van der Waals surface area contributed by atoms with Gasteiger partial charge in [0.2, 0.25) is 0 Å². The largest absolute Gasteiger partial charge is 0.381 e. The summed E-state index contributed by atoms with van der Waals surface area (Å²) in [6.45, 7) is 9.31. The van der Waals surface area contributed by atoms with Gasteiger partial charge in [-0.15, -0.1) is 0 Å². The molecule has 0 aliphatic carbocycles. The van der Waals surface area contributed by atoms with Crippen LogP contribution in [0.1, 0.15) is 40.0 Å². The third-order valence-electron chi connectivity index (χ3n) is 3.66. The average Bonchev–Trinajstić information content (AvgIpc) is 2.43. The first-order valence-corrected chi connectivity index (χ1v) is 7.70. The Hall–Kier alpha value is -1.29. The summed E-state index contributed by atoms with van der Waals surface area (Å²) in [5.41, 5.74) is 1.96. The quantitative estimate of drug-likeness (QED) is 0.882. The smallest absolute Gasteiger partial charge is 0.125 e. The first-order chi connectivity index (χ1) is 9.61. The highest BCUT2D eigenvalue weighted by Crippen LogP contribution is 2.30. The summed E-state index contributed by atoms with van der Waals surface area (Å²) in [6, 6.07) is 5.34. The van der Waals surface area contributed by atoms with Gasteiger partial charge in [-0.05, 0) is 45.7 Å². The van der Waals surface area contributed by atoms with Crippen LogP contribution in [0.4, 0.5) is 15.8 Å². The highest BCUT2D eigenvalue weighted by Gasteiger charge is 2.20. The van der Waals surface area contributed by atoms with Gasteiger partial charge in [0.25, 0.3) is 0 Å². The van der Waals surface area contributed by atoms with Crippen molar-refractivity contribution >= 4 is 11.4 Å². The molecule has 3 nitrogen and oxygen atoms in total. The maximum atomic E-state index is 13.7. The van der Waals surface area contributed by atoms with E-state index in [2.05, 4.69) is 36.1 Å². The second-order valence-electron chi connectivity index (χ2n) is 5.69. The Balaban J connectivity index is 2.28. The van der Waals surface area contributed by atoms with Crippen LogP contribution in [-0.4, -0.2) is 30.7 Å². The van der Waals surface area contributed by atoms with E-state index in [1.54, 1.807) is 6.07 Å². The Bertz CT molecular complexity index is 428. The van der Waals surface area contributed by atoms with E-state index in [0.717, 1.165) is 31.0 Å². The molecule has 0 radical (unpaired) electrons. The molecule has 1 saturated heterocycles. The van der Waals surface area contributed by atoms with Crippen molar-refractivity contribution in [3.05, 3.63) is 24.0 Å². The van der Waals surface area contributed by atoms with Crippen molar-refractivity contribution in [1.82, 2.24) is 5.01 Å². The molecule has 2 rings (SSSR count). The SMILES string of the molecule is CCN(c1cc(F)ccc1NC(C)C)N1CCCCC1. The lowest BCUT2D eigenvalue weighted by atomic mass is 10.1. The molecule has 4 heteroatoms. The molecular formula is C16H26FN3. The number of nitrogens with one attached hydrogen (secondary N) is 1. The third kappa shape index (κ3) is 3.63. The third-order valence-corrected chi connectivity index (χ3v) is 3.66. The summed E-state index contributed by atoms with van der Waals surface area (Å²) in [6.07, 6.45) is 3.74. The number of hydrogen-bond acceptors (Lipinski definition) is 3. The first-order valence-electron chi connectivity index (χ1n) is 7.70. The molecule has 112 valence electrons. The number of hydrogen-bond donors (Lipinski definition) is 1. The topological polar surface area (TPSA) is 18.5 Å². The van der Waals surface area contributed by atoms with E-state index >= 15 is 0 Å². The second kappa shape index (κ2) is 6.93. The Morgan fingerprint density at radius 1 is 1.25 bits per heavy atom. The molecule has 1 aliphatic rings. The number of nitrogens with zero attached hydrogens (tertiary/aromatic N) is 2. The van der Waals surface area contributed by atoms with Gasteiger partial charge in [0.05, 0.1) is 11.4 Å². The van der Waals surface area contributed by atoms with Gasteiger partial charge >= 0.3 is 0 Å². The van der Waals surface area contributed by atoms with Gasteiger partial charge in [0, 0.05) is 31.7 Å². The van der Waals surface area contributed by atoms with Gasteiger partial charge in [-0.2, -0.15) is 0 Å². The van der Waals surface area contributed by atoms with E-state index in [4.69, 9.17) is 0 Å². The van der Waals surface area contributed by atoms with E-state index in [9.17, 15) is 4.39 Å². The minimum Gasteiger partial charge on any atom is -0.381 e. The van der Waals surface area contributed by atoms with Crippen molar-refractivity contribution in [2.45, 2.75) is 46.1 Å². The molecule has 1 heterocycles. The molecule has 20 heavy (non-hydrogen) atoms. The summed E-state index contributed by atoms with van der Waals surface area (Å²) in [7, 11) is 0. The van der Waals surface area contributed by atoms with Gasteiger partial charge in [0.15, 0.2) is 0 Å². The predicted molar refractivity (Wildman–Crippen MR) is 83.6 cm³/mol. The lowest BCUT2D eigenvalue weighted by Gasteiger charge is -2.39. The maximum absolute atomic E-state index is 13.7. The van der Waals surface area contributed by atoms with Crippen LogP contribution >= 0.6 is 0 Å². The van der Waals surface area contributed by atoms with Crippen molar-refractivity contribution in [2.75, 3.05) is 30.0 Å². The van der Waals surface area contributed by atoms with Gasteiger partial charge < -0.3 is 10.3 Å². The molecule has 1 aliphatic heterocycles. The number of anilines is 2. The first kappa shape index (κ1) is 15.1.